The van der Waals surface area contributed by atoms with E-state index in [-0.39, 0.29) is 0 Å². The van der Waals surface area contributed by atoms with Crippen LogP contribution in [0, 0.1) is 5.41 Å². The maximum absolute atomic E-state index is 6.07. The van der Waals surface area contributed by atoms with E-state index < -0.39 is 0 Å². The van der Waals surface area contributed by atoms with Crippen LogP contribution in [0.1, 0.15) is 51.8 Å². The summed E-state index contributed by atoms with van der Waals surface area (Å²) in [5, 5.41) is 8.63. The third-order valence-electron chi connectivity index (χ3n) is 3.35. The molecule has 1 aromatic rings. The molecule has 1 aromatic heterocycles. The SMILES string of the molecule is CC(C)c1nnc(Cl)n1CC1(C)CCC1. The fraction of sp³-hybridized carbons (Fsp3) is 0.818. The lowest BCUT2D eigenvalue weighted by molar-refractivity contribution is 0.130. The van der Waals surface area contributed by atoms with Gasteiger partial charge in [0.1, 0.15) is 5.82 Å². The number of halogens is 1. The summed E-state index contributed by atoms with van der Waals surface area (Å²) in [6.07, 6.45) is 3.92. The topological polar surface area (TPSA) is 30.7 Å². The average Bonchev–Trinajstić information content (AvgIpc) is 2.45. The van der Waals surface area contributed by atoms with E-state index >= 15 is 0 Å². The molecule has 0 aliphatic heterocycles. The first-order valence-electron chi connectivity index (χ1n) is 5.60. The summed E-state index contributed by atoms with van der Waals surface area (Å²) in [5.41, 5.74) is 0.412. The first kappa shape index (κ1) is 10.9. The van der Waals surface area contributed by atoms with Crippen LogP contribution in [-0.2, 0) is 6.54 Å². The fourth-order valence-electron chi connectivity index (χ4n) is 2.19. The van der Waals surface area contributed by atoms with E-state index in [0.29, 0.717) is 16.6 Å². The summed E-state index contributed by atoms with van der Waals surface area (Å²) in [7, 11) is 0. The van der Waals surface area contributed by atoms with Crippen molar-refractivity contribution < 1.29 is 0 Å². The molecule has 0 amide bonds. The first-order valence-corrected chi connectivity index (χ1v) is 5.98. The zero-order valence-electron chi connectivity index (χ0n) is 9.63. The Balaban J connectivity index is 2.22. The van der Waals surface area contributed by atoms with Crippen LogP contribution in [-0.4, -0.2) is 14.8 Å². The quantitative estimate of drug-likeness (QED) is 0.794. The lowest BCUT2D eigenvalue weighted by Gasteiger charge is -2.39. The average molecular weight is 228 g/mol. The Hall–Kier alpha value is -0.570. The molecule has 0 aromatic carbocycles. The summed E-state index contributed by atoms with van der Waals surface area (Å²) in [6, 6.07) is 0. The van der Waals surface area contributed by atoms with E-state index in [1.807, 2.05) is 0 Å². The number of hydrogen-bond acceptors (Lipinski definition) is 2. The molecule has 1 fully saturated rings. The Morgan fingerprint density at radius 2 is 2.07 bits per heavy atom. The van der Waals surface area contributed by atoms with Crippen LogP contribution in [0.25, 0.3) is 0 Å². The Bertz CT molecular complexity index is 353. The highest BCUT2D eigenvalue weighted by Gasteiger charge is 2.33. The molecule has 0 atom stereocenters. The van der Waals surface area contributed by atoms with Gasteiger partial charge in [0.15, 0.2) is 0 Å². The van der Waals surface area contributed by atoms with Crippen molar-refractivity contribution in [3.8, 4) is 0 Å². The van der Waals surface area contributed by atoms with Gasteiger partial charge in [-0.15, -0.1) is 10.2 Å². The smallest absolute Gasteiger partial charge is 0.225 e. The minimum atomic E-state index is 0.383. The number of hydrogen-bond donors (Lipinski definition) is 0. The van der Waals surface area contributed by atoms with Gasteiger partial charge in [-0.2, -0.15) is 0 Å². The van der Waals surface area contributed by atoms with Gasteiger partial charge in [-0.1, -0.05) is 27.2 Å². The van der Waals surface area contributed by atoms with Crippen molar-refractivity contribution in [1.82, 2.24) is 14.8 Å². The predicted molar refractivity (Wildman–Crippen MR) is 61.1 cm³/mol. The molecule has 1 heterocycles. The molecule has 0 unspecified atom stereocenters. The summed E-state index contributed by atoms with van der Waals surface area (Å²) >= 11 is 6.07. The molecule has 1 aliphatic rings. The molecule has 0 radical (unpaired) electrons. The highest BCUT2D eigenvalue weighted by Crippen LogP contribution is 2.42. The lowest BCUT2D eigenvalue weighted by atomic mass is 9.70. The molecule has 3 nitrogen and oxygen atoms in total. The van der Waals surface area contributed by atoms with E-state index in [9.17, 15) is 0 Å². The maximum Gasteiger partial charge on any atom is 0.225 e. The molecule has 4 heteroatoms. The molecule has 15 heavy (non-hydrogen) atoms. The van der Waals surface area contributed by atoms with Crippen molar-refractivity contribution in [2.24, 2.45) is 5.41 Å². The second-order valence-electron chi connectivity index (χ2n) is 5.23. The summed E-state index contributed by atoms with van der Waals surface area (Å²) < 4.78 is 2.07. The monoisotopic (exact) mass is 227 g/mol. The Morgan fingerprint density at radius 1 is 1.40 bits per heavy atom. The van der Waals surface area contributed by atoms with Gasteiger partial charge in [-0.05, 0) is 29.9 Å². The molecule has 0 bridgehead atoms. The van der Waals surface area contributed by atoms with Crippen molar-refractivity contribution in [3.05, 3.63) is 11.1 Å². The predicted octanol–water partition coefficient (Wildman–Crippen LogP) is 3.25. The normalized spacial score (nSPS) is 19.3. The van der Waals surface area contributed by atoms with Crippen LogP contribution in [0.3, 0.4) is 0 Å². The van der Waals surface area contributed by atoms with Crippen molar-refractivity contribution >= 4 is 11.6 Å². The molecule has 0 spiro atoms. The van der Waals surface area contributed by atoms with Gasteiger partial charge >= 0.3 is 0 Å². The van der Waals surface area contributed by atoms with E-state index in [0.717, 1.165) is 12.4 Å². The first-order chi connectivity index (χ1) is 7.02. The van der Waals surface area contributed by atoms with Gasteiger partial charge in [-0.25, -0.2) is 0 Å². The Kier molecular flexibility index (Phi) is 2.75. The van der Waals surface area contributed by atoms with E-state index in [1.165, 1.54) is 19.3 Å². The number of aromatic nitrogens is 3. The minimum Gasteiger partial charge on any atom is -0.301 e. The molecular weight excluding hydrogens is 210 g/mol. The van der Waals surface area contributed by atoms with Crippen LogP contribution in [0.15, 0.2) is 0 Å². The van der Waals surface area contributed by atoms with Crippen LogP contribution >= 0.6 is 11.6 Å². The molecule has 1 aliphatic carbocycles. The maximum atomic E-state index is 6.07. The zero-order valence-corrected chi connectivity index (χ0v) is 10.4. The lowest BCUT2D eigenvalue weighted by Crippen LogP contribution is -2.31. The molecule has 84 valence electrons. The van der Waals surface area contributed by atoms with Crippen LogP contribution in [0.4, 0.5) is 0 Å². The zero-order chi connectivity index (χ0) is 11.1. The van der Waals surface area contributed by atoms with Crippen LogP contribution < -0.4 is 0 Å². The third-order valence-corrected chi connectivity index (χ3v) is 3.63. The third kappa shape index (κ3) is 2.03. The Morgan fingerprint density at radius 3 is 2.53 bits per heavy atom. The number of nitrogens with zero attached hydrogens (tertiary/aromatic N) is 3. The fourth-order valence-corrected chi connectivity index (χ4v) is 2.37. The second-order valence-corrected chi connectivity index (χ2v) is 5.57. The molecule has 0 N–H and O–H groups in total. The van der Waals surface area contributed by atoms with Crippen molar-refractivity contribution in [2.75, 3.05) is 0 Å². The van der Waals surface area contributed by atoms with E-state index in [2.05, 4.69) is 35.5 Å². The van der Waals surface area contributed by atoms with Gasteiger partial charge in [-0.3, -0.25) is 0 Å². The van der Waals surface area contributed by atoms with Crippen molar-refractivity contribution in [1.29, 1.82) is 0 Å². The second kappa shape index (κ2) is 3.78. The van der Waals surface area contributed by atoms with Crippen molar-refractivity contribution in [3.63, 3.8) is 0 Å². The largest absolute Gasteiger partial charge is 0.301 e. The number of rotatable bonds is 3. The standard InChI is InChI=1S/C11H18ClN3/c1-8(2)9-13-14-10(12)15(9)7-11(3)5-4-6-11/h8H,4-7H2,1-3H3. The van der Waals surface area contributed by atoms with Gasteiger partial charge in [0.2, 0.25) is 5.28 Å². The summed E-state index contributed by atoms with van der Waals surface area (Å²) in [6.45, 7) is 7.53. The highest BCUT2D eigenvalue weighted by atomic mass is 35.5. The highest BCUT2D eigenvalue weighted by molar-refractivity contribution is 6.28. The molecule has 2 rings (SSSR count). The van der Waals surface area contributed by atoms with Gasteiger partial charge < -0.3 is 4.57 Å². The molecule has 0 saturated heterocycles. The minimum absolute atomic E-state index is 0.383. The summed E-state index contributed by atoms with van der Waals surface area (Å²) in [5.74, 6) is 1.39. The van der Waals surface area contributed by atoms with Crippen LogP contribution in [0.2, 0.25) is 5.28 Å². The molecular formula is C11H18ClN3. The van der Waals surface area contributed by atoms with Gasteiger partial charge in [0.25, 0.3) is 0 Å². The van der Waals surface area contributed by atoms with Gasteiger partial charge in [0, 0.05) is 12.5 Å². The Labute approximate surface area is 95.8 Å². The van der Waals surface area contributed by atoms with E-state index in [1.54, 1.807) is 0 Å². The summed E-state index contributed by atoms with van der Waals surface area (Å²) in [4.78, 5) is 0. The van der Waals surface area contributed by atoms with Crippen LogP contribution in [0.5, 0.6) is 0 Å². The van der Waals surface area contributed by atoms with Gasteiger partial charge in [0.05, 0.1) is 0 Å². The van der Waals surface area contributed by atoms with Crippen molar-refractivity contribution in [2.45, 2.75) is 52.5 Å². The van der Waals surface area contributed by atoms with E-state index in [4.69, 9.17) is 11.6 Å². The molecule has 1 saturated carbocycles.